The molecule has 2 heterocycles. The quantitative estimate of drug-likeness (QED) is 0.775. The largest absolute Gasteiger partial charge is 0.311 e. The molecule has 0 bridgehead atoms. The molecule has 2 aliphatic rings. The normalized spacial score (nSPS) is 21.5. The lowest BCUT2D eigenvalue weighted by molar-refractivity contribution is 0.642. The van der Waals surface area contributed by atoms with Crippen LogP contribution in [0.3, 0.4) is 0 Å². The van der Waals surface area contributed by atoms with Crippen LogP contribution in [0, 0.1) is 5.92 Å². The minimum atomic E-state index is 0.973. The molecular formula is C10H14N2S. The van der Waals surface area contributed by atoms with Gasteiger partial charge in [0.2, 0.25) is 0 Å². The molecule has 0 atom stereocenters. The maximum Gasteiger partial charge on any atom is 0.0934 e. The van der Waals surface area contributed by atoms with Gasteiger partial charge in [0.1, 0.15) is 0 Å². The molecule has 1 fully saturated rings. The lowest BCUT2D eigenvalue weighted by Gasteiger charge is -2.09. The predicted molar refractivity (Wildman–Crippen MR) is 54.0 cm³/mol. The van der Waals surface area contributed by atoms with Gasteiger partial charge in [-0.2, -0.15) is 0 Å². The molecular weight excluding hydrogens is 180 g/mol. The van der Waals surface area contributed by atoms with Crippen LogP contribution in [0.25, 0.3) is 0 Å². The first kappa shape index (κ1) is 7.94. The van der Waals surface area contributed by atoms with E-state index in [0.717, 1.165) is 25.4 Å². The van der Waals surface area contributed by atoms with Crippen molar-refractivity contribution in [1.29, 1.82) is 0 Å². The van der Waals surface area contributed by atoms with Crippen LogP contribution in [0.15, 0.2) is 0 Å². The fourth-order valence-corrected chi connectivity index (χ4v) is 3.03. The molecule has 1 aromatic heterocycles. The van der Waals surface area contributed by atoms with Gasteiger partial charge in [-0.3, -0.25) is 0 Å². The topological polar surface area (TPSA) is 24.9 Å². The molecule has 1 saturated carbocycles. The summed E-state index contributed by atoms with van der Waals surface area (Å²) in [7, 11) is 0. The van der Waals surface area contributed by atoms with Crippen molar-refractivity contribution in [3.63, 3.8) is 0 Å². The molecule has 0 amide bonds. The van der Waals surface area contributed by atoms with Crippen molar-refractivity contribution in [1.82, 2.24) is 10.3 Å². The molecule has 0 radical (unpaired) electrons. The number of fused-ring (bicyclic) bond motifs is 1. The van der Waals surface area contributed by atoms with E-state index in [0.29, 0.717) is 0 Å². The van der Waals surface area contributed by atoms with Crippen molar-refractivity contribution in [2.75, 3.05) is 6.54 Å². The molecule has 1 aliphatic heterocycles. The summed E-state index contributed by atoms with van der Waals surface area (Å²) in [5.41, 5.74) is 1.37. The first-order valence-corrected chi connectivity index (χ1v) is 5.91. The van der Waals surface area contributed by atoms with Gasteiger partial charge in [-0.25, -0.2) is 4.98 Å². The Morgan fingerprint density at radius 3 is 3.15 bits per heavy atom. The summed E-state index contributed by atoms with van der Waals surface area (Å²) < 4.78 is 0. The second-order valence-electron chi connectivity index (χ2n) is 4.05. The standard InChI is InChI=1S/C10H14N2S/c1-2-7(1)5-10-12-8-3-4-11-6-9(8)13-10/h7,11H,1-6H2. The van der Waals surface area contributed by atoms with E-state index < -0.39 is 0 Å². The molecule has 0 unspecified atom stereocenters. The Balaban J connectivity index is 1.81. The van der Waals surface area contributed by atoms with E-state index in [1.807, 2.05) is 11.3 Å². The molecule has 0 aromatic carbocycles. The smallest absolute Gasteiger partial charge is 0.0934 e. The minimum absolute atomic E-state index is 0.973. The van der Waals surface area contributed by atoms with E-state index in [9.17, 15) is 0 Å². The van der Waals surface area contributed by atoms with Gasteiger partial charge >= 0.3 is 0 Å². The van der Waals surface area contributed by atoms with Crippen LogP contribution in [0.5, 0.6) is 0 Å². The first-order valence-electron chi connectivity index (χ1n) is 5.10. The zero-order valence-corrected chi connectivity index (χ0v) is 8.49. The highest BCUT2D eigenvalue weighted by atomic mass is 32.1. The van der Waals surface area contributed by atoms with Gasteiger partial charge in [-0.15, -0.1) is 11.3 Å². The number of hydrogen-bond acceptors (Lipinski definition) is 3. The Morgan fingerprint density at radius 1 is 1.46 bits per heavy atom. The predicted octanol–water partition coefficient (Wildman–Crippen LogP) is 1.74. The van der Waals surface area contributed by atoms with Gasteiger partial charge in [-0.05, 0) is 18.8 Å². The van der Waals surface area contributed by atoms with Crippen LogP contribution in [-0.4, -0.2) is 11.5 Å². The second-order valence-corrected chi connectivity index (χ2v) is 5.22. The monoisotopic (exact) mass is 194 g/mol. The lowest BCUT2D eigenvalue weighted by atomic mass is 10.2. The average molecular weight is 194 g/mol. The number of hydrogen-bond donors (Lipinski definition) is 1. The number of rotatable bonds is 2. The zero-order valence-electron chi connectivity index (χ0n) is 7.68. The van der Waals surface area contributed by atoms with E-state index in [4.69, 9.17) is 4.98 Å². The molecule has 3 heteroatoms. The summed E-state index contributed by atoms with van der Waals surface area (Å²) in [6.45, 7) is 2.16. The Morgan fingerprint density at radius 2 is 2.38 bits per heavy atom. The van der Waals surface area contributed by atoms with Crippen LogP contribution in [0.4, 0.5) is 0 Å². The van der Waals surface area contributed by atoms with Gasteiger partial charge in [-0.1, -0.05) is 0 Å². The Hall–Kier alpha value is -0.410. The van der Waals surface area contributed by atoms with E-state index in [1.54, 1.807) is 0 Å². The van der Waals surface area contributed by atoms with Crippen molar-refractivity contribution in [3.05, 3.63) is 15.6 Å². The number of nitrogens with zero attached hydrogens (tertiary/aromatic N) is 1. The fourth-order valence-electron chi connectivity index (χ4n) is 1.84. The molecule has 13 heavy (non-hydrogen) atoms. The van der Waals surface area contributed by atoms with Crippen molar-refractivity contribution < 1.29 is 0 Å². The molecule has 1 aliphatic carbocycles. The van der Waals surface area contributed by atoms with Gasteiger partial charge in [0.15, 0.2) is 0 Å². The maximum atomic E-state index is 4.71. The molecule has 70 valence electrons. The highest BCUT2D eigenvalue weighted by Crippen LogP contribution is 2.34. The Kier molecular flexibility index (Phi) is 1.87. The maximum absolute atomic E-state index is 4.71. The van der Waals surface area contributed by atoms with Gasteiger partial charge < -0.3 is 5.32 Å². The third-order valence-electron chi connectivity index (χ3n) is 2.81. The Labute approximate surface area is 82.4 Å². The number of nitrogens with one attached hydrogen (secondary N) is 1. The average Bonchev–Trinajstić information content (AvgIpc) is 2.85. The number of thiazole rings is 1. The summed E-state index contributed by atoms with van der Waals surface area (Å²) in [5, 5.41) is 4.78. The van der Waals surface area contributed by atoms with Crippen LogP contribution >= 0.6 is 11.3 Å². The van der Waals surface area contributed by atoms with Crippen molar-refractivity contribution in [3.8, 4) is 0 Å². The van der Waals surface area contributed by atoms with Gasteiger partial charge in [0.05, 0.1) is 10.7 Å². The lowest BCUT2D eigenvalue weighted by Crippen LogP contribution is -2.22. The fraction of sp³-hybridized carbons (Fsp3) is 0.700. The van der Waals surface area contributed by atoms with Crippen molar-refractivity contribution >= 4 is 11.3 Å². The summed E-state index contributed by atoms with van der Waals surface area (Å²) in [6.07, 6.45) is 5.25. The zero-order chi connectivity index (χ0) is 8.67. The summed E-state index contributed by atoms with van der Waals surface area (Å²) >= 11 is 1.93. The highest BCUT2D eigenvalue weighted by molar-refractivity contribution is 7.11. The summed E-state index contributed by atoms with van der Waals surface area (Å²) in [6, 6.07) is 0. The van der Waals surface area contributed by atoms with E-state index in [2.05, 4.69) is 5.32 Å². The molecule has 0 saturated heterocycles. The molecule has 0 spiro atoms. The van der Waals surface area contributed by atoms with Crippen molar-refractivity contribution in [2.24, 2.45) is 5.92 Å². The molecule has 1 aromatic rings. The third-order valence-corrected chi connectivity index (χ3v) is 3.93. The number of aromatic nitrogens is 1. The van der Waals surface area contributed by atoms with Crippen LogP contribution in [-0.2, 0) is 19.4 Å². The van der Waals surface area contributed by atoms with Crippen LogP contribution in [0.1, 0.15) is 28.4 Å². The first-order chi connectivity index (χ1) is 6.42. The third kappa shape index (κ3) is 1.63. The van der Waals surface area contributed by atoms with E-state index >= 15 is 0 Å². The van der Waals surface area contributed by atoms with E-state index in [1.165, 1.54) is 34.8 Å². The summed E-state index contributed by atoms with van der Waals surface area (Å²) in [4.78, 5) is 6.20. The SMILES string of the molecule is C1Cc2nc(CC3CC3)sc2CN1. The van der Waals surface area contributed by atoms with Crippen LogP contribution in [0.2, 0.25) is 0 Å². The van der Waals surface area contributed by atoms with Gasteiger partial charge in [0, 0.05) is 30.8 Å². The Bertz CT molecular complexity index is 291. The molecule has 3 rings (SSSR count). The minimum Gasteiger partial charge on any atom is -0.311 e. The molecule has 1 N–H and O–H groups in total. The molecule has 2 nitrogen and oxygen atoms in total. The van der Waals surface area contributed by atoms with Crippen molar-refractivity contribution in [2.45, 2.75) is 32.2 Å². The van der Waals surface area contributed by atoms with Crippen LogP contribution < -0.4 is 5.32 Å². The van der Waals surface area contributed by atoms with E-state index in [-0.39, 0.29) is 0 Å². The second kappa shape index (κ2) is 3.07. The van der Waals surface area contributed by atoms with Gasteiger partial charge in [0.25, 0.3) is 0 Å². The summed E-state index contributed by atoms with van der Waals surface area (Å²) in [5.74, 6) is 0.973. The highest BCUT2D eigenvalue weighted by Gasteiger charge is 2.24.